The molecule has 0 aromatic rings. The molecule has 1 aliphatic rings. The summed E-state index contributed by atoms with van der Waals surface area (Å²) in [5.74, 6) is 1.34. The standard InChI is InChI=1S/C7H14S2/c1-4-7(3)8-5-6(2)9-7/h6H,4-5H2,1-3H3/t6-,7+/m0/s1. The van der Waals surface area contributed by atoms with Crippen LogP contribution in [0, 0.1) is 0 Å². The Morgan fingerprint density at radius 3 is 2.56 bits per heavy atom. The van der Waals surface area contributed by atoms with Crippen LogP contribution in [0.4, 0.5) is 0 Å². The molecule has 0 nitrogen and oxygen atoms in total. The van der Waals surface area contributed by atoms with Crippen molar-refractivity contribution in [2.75, 3.05) is 5.75 Å². The van der Waals surface area contributed by atoms with Gasteiger partial charge >= 0.3 is 0 Å². The SMILES string of the molecule is CC[C@]1(C)SC[C@H](C)S1. The summed E-state index contributed by atoms with van der Waals surface area (Å²) in [7, 11) is 0. The molecule has 1 fully saturated rings. The molecule has 1 saturated heterocycles. The van der Waals surface area contributed by atoms with Gasteiger partial charge in [0.1, 0.15) is 0 Å². The molecule has 1 rings (SSSR count). The molecule has 0 saturated carbocycles. The molecular weight excluding hydrogens is 148 g/mol. The molecule has 0 N–H and O–H groups in total. The summed E-state index contributed by atoms with van der Waals surface area (Å²) in [6.07, 6.45) is 1.30. The molecule has 0 aromatic carbocycles. The fourth-order valence-electron chi connectivity index (χ4n) is 0.973. The molecule has 2 heteroatoms. The molecule has 0 aliphatic carbocycles. The van der Waals surface area contributed by atoms with E-state index in [-0.39, 0.29) is 0 Å². The molecule has 0 radical (unpaired) electrons. The monoisotopic (exact) mass is 162 g/mol. The zero-order valence-electron chi connectivity index (χ0n) is 6.31. The average molecular weight is 162 g/mol. The average Bonchev–Trinajstić information content (AvgIpc) is 2.13. The highest BCUT2D eigenvalue weighted by Crippen LogP contribution is 2.49. The van der Waals surface area contributed by atoms with Crippen molar-refractivity contribution in [3.8, 4) is 0 Å². The molecule has 54 valence electrons. The van der Waals surface area contributed by atoms with E-state index in [1.54, 1.807) is 0 Å². The fraction of sp³-hybridized carbons (Fsp3) is 1.00. The maximum Gasteiger partial charge on any atom is 0.0583 e. The number of hydrogen-bond donors (Lipinski definition) is 0. The molecule has 0 bridgehead atoms. The van der Waals surface area contributed by atoms with E-state index >= 15 is 0 Å². The Labute approximate surface area is 66.2 Å². The summed E-state index contributed by atoms with van der Waals surface area (Å²) in [5.41, 5.74) is 0. The first-order chi connectivity index (χ1) is 4.16. The minimum Gasteiger partial charge on any atom is -0.143 e. The van der Waals surface area contributed by atoms with Gasteiger partial charge in [-0.1, -0.05) is 13.8 Å². The highest BCUT2D eigenvalue weighted by Gasteiger charge is 2.32. The Morgan fingerprint density at radius 2 is 2.33 bits per heavy atom. The van der Waals surface area contributed by atoms with Gasteiger partial charge in [0.15, 0.2) is 0 Å². The Balaban J connectivity index is 2.45. The van der Waals surface area contributed by atoms with Gasteiger partial charge in [-0.25, -0.2) is 0 Å². The van der Waals surface area contributed by atoms with Crippen LogP contribution >= 0.6 is 23.5 Å². The van der Waals surface area contributed by atoms with Crippen molar-refractivity contribution < 1.29 is 0 Å². The maximum absolute atomic E-state index is 2.35. The van der Waals surface area contributed by atoms with Crippen LogP contribution in [0.1, 0.15) is 27.2 Å². The van der Waals surface area contributed by atoms with E-state index in [9.17, 15) is 0 Å². The van der Waals surface area contributed by atoms with Crippen LogP contribution in [0.25, 0.3) is 0 Å². The molecule has 9 heavy (non-hydrogen) atoms. The van der Waals surface area contributed by atoms with Crippen molar-refractivity contribution in [3.05, 3.63) is 0 Å². The lowest BCUT2D eigenvalue weighted by molar-refractivity contribution is 0.853. The van der Waals surface area contributed by atoms with Crippen molar-refractivity contribution >= 4 is 23.5 Å². The van der Waals surface area contributed by atoms with Crippen molar-refractivity contribution in [2.45, 2.75) is 36.5 Å². The third kappa shape index (κ3) is 1.81. The Kier molecular flexibility index (Phi) is 2.38. The van der Waals surface area contributed by atoms with E-state index in [1.807, 2.05) is 0 Å². The molecule has 0 spiro atoms. The second-order valence-corrected chi connectivity index (χ2v) is 6.45. The predicted octanol–water partition coefficient (Wildman–Crippen LogP) is 2.98. The highest BCUT2D eigenvalue weighted by molar-refractivity contribution is 8.21. The van der Waals surface area contributed by atoms with E-state index in [0.29, 0.717) is 4.08 Å². The Bertz CT molecular complexity index is 103. The van der Waals surface area contributed by atoms with Crippen LogP contribution in [-0.4, -0.2) is 15.1 Å². The minimum absolute atomic E-state index is 0.541. The summed E-state index contributed by atoms with van der Waals surface area (Å²) in [5, 5.41) is 0.875. The van der Waals surface area contributed by atoms with Gasteiger partial charge in [-0.05, 0) is 13.3 Å². The van der Waals surface area contributed by atoms with Gasteiger partial charge in [0.05, 0.1) is 4.08 Å². The molecule has 0 unspecified atom stereocenters. The summed E-state index contributed by atoms with van der Waals surface area (Å²) in [6, 6.07) is 0. The van der Waals surface area contributed by atoms with Gasteiger partial charge in [-0.15, -0.1) is 23.5 Å². The zero-order valence-corrected chi connectivity index (χ0v) is 7.94. The molecule has 1 aliphatic heterocycles. The first-order valence-corrected chi connectivity index (χ1v) is 5.34. The first kappa shape index (κ1) is 7.80. The lowest BCUT2D eigenvalue weighted by atomic mass is 10.4. The lowest BCUT2D eigenvalue weighted by Crippen LogP contribution is -2.08. The van der Waals surface area contributed by atoms with E-state index in [4.69, 9.17) is 0 Å². The van der Waals surface area contributed by atoms with E-state index in [2.05, 4.69) is 44.3 Å². The summed E-state index contributed by atoms with van der Waals surface area (Å²) < 4.78 is 0.541. The van der Waals surface area contributed by atoms with Crippen LogP contribution in [0.2, 0.25) is 0 Å². The van der Waals surface area contributed by atoms with Gasteiger partial charge in [0, 0.05) is 11.0 Å². The van der Waals surface area contributed by atoms with Crippen molar-refractivity contribution in [1.29, 1.82) is 0 Å². The van der Waals surface area contributed by atoms with Gasteiger partial charge in [0.2, 0.25) is 0 Å². The molecule has 2 atom stereocenters. The van der Waals surface area contributed by atoms with E-state index < -0.39 is 0 Å². The zero-order chi connectivity index (χ0) is 6.91. The quantitative estimate of drug-likeness (QED) is 0.581. The normalized spacial score (nSPS) is 43.7. The summed E-state index contributed by atoms with van der Waals surface area (Å²) in [6.45, 7) is 6.95. The number of thioether (sulfide) groups is 2. The topological polar surface area (TPSA) is 0 Å². The van der Waals surface area contributed by atoms with E-state index in [0.717, 1.165) is 5.25 Å². The minimum atomic E-state index is 0.541. The summed E-state index contributed by atoms with van der Waals surface area (Å²) in [4.78, 5) is 0. The van der Waals surface area contributed by atoms with Crippen LogP contribution in [0.15, 0.2) is 0 Å². The van der Waals surface area contributed by atoms with Crippen molar-refractivity contribution in [1.82, 2.24) is 0 Å². The van der Waals surface area contributed by atoms with Gasteiger partial charge in [0.25, 0.3) is 0 Å². The largest absolute Gasteiger partial charge is 0.143 e. The third-order valence-electron chi connectivity index (χ3n) is 1.72. The van der Waals surface area contributed by atoms with E-state index in [1.165, 1.54) is 12.2 Å². The number of hydrogen-bond acceptors (Lipinski definition) is 2. The third-order valence-corrected chi connectivity index (χ3v) is 5.49. The second kappa shape index (κ2) is 2.75. The Hall–Kier alpha value is 0.700. The van der Waals surface area contributed by atoms with Crippen molar-refractivity contribution in [3.63, 3.8) is 0 Å². The highest BCUT2D eigenvalue weighted by atomic mass is 32.2. The van der Waals surface area contributed by atoms with Crippen LogP contribution < -0.4 is 0 Å². The molecular formula is C7H14S2. The van der Waals surface area contributed by atoms with Gasteiger partial charge < -0.3 is 0 Å². The van der Waals surface area contributed by atoms with Crippen LogP contribution in [-0.2, 0) is 0 Å². The van der Waals surface area contributed by atoms with Gasteiger partial charge in [-0.2, -0.15) is 0 Å². The smallest absolute Gasteiger partial charge is 0.0583 e. The van der Waals surface area contributed by atoms with Crippen LogP contribution in [0.5, 0.6) is 0 Å². The lowest BCUT2D eigenvalue weighted by Gasteiger charge is -2.18. The predicted molar refractivity (Wildman–Crippen MR) is 48.2 cm³/mol. The van der Waals surface area contributed by atoms with Crippen LogP contribution in [0.3, 0.4) is 0 Å². The first-order valence-electron chi connectivity index (χ1n) is 3.48. The molecule has 0 amide bonds. The fourth-order valence-corrected chi connectivity index (χ4v) is 4.23. The van der Waals surface area contributed by atoms with Crippen molar-refractivity contribution in [2.24, 2.45) is 0 Å². The molecule has 0 aromatic heterocycles. The number of rotatable bonds is 1. The Morgan fingerprint density at radius 1 is 1.67 bits per heavy atom. The second-order valence-electron chi connectivity index (χ2n) is 2.73. The maximum atomic E-state index is 2.35. The molecule has 1 heterocycles. The van der Waals surface area contributed by atoms with Gasteiger partial charge in [-0.3, -0.25) is 0 Å². The summed E-state index contributed by atoms with van der Waals surface area (Å²) >= 11 is 4.25.